The Morgan fingerprint density at radius 1 is 1.00 bits per heavy atom. The maximum atomic E-state index is 15.9. The van der Waals surface area contributed by atoms with E-state index in [1.165, 1.54) is 23.0 Å². The third kappa shape index (κ3) is 8.28. The number of aromatic nitrogens is 1. The monoisotopic (exact) mass is 617 g/mol. The van der Waals surface area contributed by atoms with E-state index >= 15 is 4.39 Å². The van der Waals surface area contributed by atoms with Crippen molar-refractivity contribution in [2.75, 3.05) is 20.6 Å². The summed E-state index contributed by atoms with van der Waals surface area (Å²) < 4.78 is 17.3. The van der Waals surface area contributed by atoms with E-state index in [9.17, 15) is 19.5 Å². The molecule has 2 aromatic carbocycles. The van der Waals surface area contributed by atoms with E-state index in [0.29, 0.717) is 24.3 Å². The van der Waals surface area contributed by atoms with Crippen molar-refractivity contribution in [1.29, 1.82) is 0 Å². The van der Waals surface area contributed by atoms with E-state index in [2.05, 4.69) is 22.3 Å². The van der Waals surface area contributed by atoms with Crippen molar-refractivity contribution >= 4 is 11.9 Å². The fraction of sp³-hybridized carbons (Fsp3) is 0.486. The maximum Gasteiger partial charge on any atom is 0.305 e. The highest BCUT2D eigenvalue weighted by molar-refractivity contribution is 5.82. The summed E-state index contributed by atoms with van der Waals surface area (Å²) in [6.07, 6.45) is 4.69. The lowest BCUT2D eigenvalue weighted by atomic mass is 9.88. The van der Waals surface area contributed by atoms with Gasteiger partial charge in [0.15, 0.2) is 0 Å². The first kappa shape index (κ1) is 34.1. The molecule has 2 N–H and O–H groups in total. The van der Waals surface area contributed by atoms with E-state index in [-0.39, 0.29) is 17.0 Å². The van der Waals surface area contributed by atoms with Gasteiger partial charge in [0.05, 0.1) is 12.5 Å². The van der Waals surface area contributed by atoms with E-state index in [4.69, 9.17) is 0 Å². The molecule has 2 atom stereocenters. The normalized spacial score (nSPS) is 14.6. The topological polar surface area (TPSA) is 91.6 Å². The molecule has 0 bridgehead atoms. The number of amides is 1. The molecular weight excluding hydrogens is 569 g/mol. The van der Waals surface area contributed by atoms with Crippen molar-refractivity contribution in [2.24, 2.45) is 5.92 Å². The van der Waals surface area contributed by atoms with Gasteiger partial charge in [-0.3, -0.25) is 14.4 Å². The first-order valence-corrected chi connectivity index (χ1v) is 16.0. The van der Waals surface area contributed by atoms with E-state index in [1.807, 2.05) is 48.7 Å². The average Bonchev–Trinajstić information content (AvgIpc) is 3.78. The molecule has 1 fully saturated rings. The third-order valence-electron chi connectivity index (χ3n) is 8.80. The average molecular weight is 618 g/mol. The molecule has 0 aliphatic heterocycles. The highest BCUT2D eigenvalue weighted by Gasteiger charge is 2.30. The molecular formula is C37H48FN3O4. The number of aliphatic carboxylic acids is 1. The number of nitrogens with one attached hydrogen (secondary N) is 1. The highest BCUT2D eigenvalue weighted by Crippen LogP contribution is 2.43. The number of likely N-dealkylation sites (N-methyl/N-ethyl adjacent to an activating group) is 1. The largest absolute Gasteiger partial charge is 0.481 e. The van der Waals surface area contributed by atoms with Crippen molar-refractivity contribution in [2.45, 2.75) is 91.6 Å². The molecule has 1 saturated carbocycles. The van der Waals surface area contributed by atoms with Crippen LogP contribution < -0.4 is 10.9 Å². The lowest BCUT2D eigenvalue weighted by Gasteiger charge is -2.26. The van der Waals surface area contributed by atoms with Crippen molar-refractivity contribution in [3.63, 3.8) is 0 Å². The molecule has 1 aromatic heterocycles. The molecule has 242 valence electrons. The van der Waals surface area contributed by atoms with Gasteiger partial charge in [-0.2, -0.15) is 0 Å². The van der Waals surface area contributed by atoms with E-state index in [1.54, 1.807) is 31.3 Å². The van der Waals surface area contributed by atoms with Crippen LogP contribution in [0.25, 0.3) is 11.1 Å². The van der Waals surface area contributed by atoms with Crippen LogP contribution in [-0.4, -0.2) is 47.1 Å². The highest BCUT2D eigenvalue weighted by atomic mass is 19.1. The first-order chi connectivity index (χ1) is 21.2. The zero-order valence-electron chi connectivity index (χ0n) is 28.0. The van der Waals surface area contributed by atoms with Gasteiger partial charge in [-0.25, -0.2) is 4.39 Å². The number of carboxylic acids is 1. The van der Waals surface area contributed by atoms with Crippen LogP contribution in [0.4, 0.5) is 4.39 Å². The molecule has 1 heterocycles. The van der Waals surface area contributed by atoms with Crippen molar-refractivity contribution in [1.82, 2.24) is 14.8 Å². The van der Waals surface area contributed by atoms with Gasteiger partial charge in [-0.1, -0.05) is 26.0 Å². The van der Waals surface area contributed by atoms with Crippen LogP contribution >= 0.6 is 0 Å². The Bertz CT molecular complexity index is 1610. The van der Waals surface area contributed by atoms with Crippen molar-refractivity contribution < 1.29 is 19.1 Å². The second kappa shape index (κ2) is 14.1. The number of nitrogens with zero attached hydrogens (tertiary/aromatic N) is 2. The summed E-state index contributed by atoms with van der Waals surface area (Å²) in [6.45, 7) is 12.3. The van der Waals surface area contributed by atoms with Crippen LogP contribution in [0.3, 0.4) is 0 Å². The molecule has 3 aromatic rings. The Hall–Kier alpha value is -3.78. The number of rotatable bonds is 13. The minimum atomic E-state index is -1.16. The quantitative estimate of drug-likeness (QED) is 0.220. The summed E-state index contributed by atoms with van der Waals surface area (Å²) in [5.74, 6) is -1.56. The lowest BCUT2D eigenvalue weighted by molar-refractivity contribution is -0.138. The SMILES string of the molecule is Cc1cc(=O)n(C(CC(C)C)C(=O)N[C@@H](CC(=O)O)c2cc(-c3c(C)cc(C4CC4)cc3C)cc(C)c2F)cc1CCN(C)C. The predicted octanol–water partition coefficient (Wildman–Crippen LogP) is 6.79. The van der Waals surface area contributed by atoms with Crippen molar-refractivity contribution in [3.8, 4) is 11.1 Å². The number of carbonyl (C=O) groups is 2. The number of pyridine rings is 1. The zero-order valence-corrected chi connectivity index (χ0v) is 28.0. The summed E-state index contributed by atoms with van der Waals surface area (Å²) in [5, 5.41) is 12.7. The lowest BCUT2D eigenvalue weighted by Crippen LogP contribution is -2.40. The number of hydrogen-bond acceptors (Lipinski definition) is 4. The summed E-state index contributed by atoms with van der Waals surface area (Å²) in [6, 6.07) is 7.37. The summed E-state index contributed by atoms with van der Waals surface area (Å²) in [7, 11) is 3.95. The van der Waals surface area contributed by atoms with Crippen LogP contribution in [-0.2, 0) is 16.0 Å². The summed E-state index contributed by atoms with van der Waals surface area (Å²) in [4.78, 5) is 41.4. The molecule has 1 amide bonds. The van der Waals surface area contributed by atoms with Crippen LogP contribution in [0, 0.1) is 39.4 Å². The molecule has 8 heteroatoms. The Morgan fingerprint density at radius 2 is 1.64 bits per heavy atom. The molecule has 0 saturated heterocycles. The zero-order chi connectivity index (χ0) is 33.2. The smallest absolute Gasteiger partial charge is 0.305 e. The van der Waals surface area contributed by atoms with Crippen LogP contribution in [0.1, 0.15) is 96.5 Å². The molecule has 7 nitrogen and oxygen atoms in total. The number of carbonyl (C=O) groups excluding carboxylic acids is 1. The van der Waals surface area contributed by atoms with Gasteiger partial charge in [-0.15, -0.1) is 0 Å². The number of hydrogen-bond donors (Lipinski definition) is 2. The molecule has 1 aliphatic rings. The van der Waals surface area contributed by atoms with Gasteiger partial charge >= 0.3 is 5.97 Å². The predicted molar refractivity (Wildman–Crippen MR) is 177 cm³/mol. The minimum absolute atomic E-state index is 0.0592. The molecule has 0 spiro atoms. The maximum absolute atomic E-state index is 15.9. The van der Waals surface area contributed by atoms with Crippen LogP contribution in [0.2, 0.25) is 0 Å². The standard InChI is InChI=1S/C37H48FN3O4/c1-21(2)13-32(41-20-27(11-12-40(7)8)22(3)17-33(41)42)37(45)39-31(19-34(43)44)30-18-29(16-25(6)36(30)38)35-23(4)14-28(15-24(35)5)26-9-10-26/h14-18,20-21,26,31-32H,9-13,19H2,1-8H3,(H,39,45)(H,43,44)/t31-,32?/m0/s1. The molecule has 0 radical (unpaired) electrons. The molecule has 1 aliphatic carbocycles. The number of aryl methyl sites for hydroxylation is 4. The van der Waals surface area contributed by atoms with Gasteiger partial charge in [0, 0.05) is 24.4 Å². The van der Waals surface area contributed by atoms with Crippen LogP contribution in [0.15, 0.2) is 41.3 Å². The van der Waals surface area contributed by atoms with Gasteiger partial charge in [0.25, 0.3) is 5.56 Å². The Balaban J connectivity index is 1.75. The fourth-order valence-electron chi connectivity index (χ4n) is 6.31. The molecule has 1 unspecified atom stereocenters. The second-order valence-electron chi connectivity index (χ2n) is 13.6. The molecule has 4 rings (SSSR count). The van der Waals surface area contributed by atoms with Crippen LogP contribution in [0.5, 0.6) is 0 Å². The molecule has 45 heavy (non-hydrogen) atoms. The Kier molecular flexibility index (Phi) is 10.7. The fourth-order valence-corrected chi connectivity index (χ4v) is 6.31. The summed E-state index contributed by atoms with van der Waals surface area (Å²) >= 11 is 0. The Labute approximate surface area is 266 Å². The van der Waals surface area contributed by atoms with Gasteiger partial charge in [0.1, 0.15) is 11.9 Å². The number of benzene rings is 2. The van der Waals surface area contributed by atoms with E-state index in [0.717, 1.165) is 39.9 Å². The summed E-state index contributed by atoms with van der Waals surface area (Å²) in [5.41, 5.74) is 7.24. The van der Waals surface area contributed by atoms with Gasteiger partial charge < -0.3 is 19.9 Å². The Morgan fingerprint density at radius 3 is 2.20 bits per heavy atom. The number of carboxylic acid groups (broad SMARTS) is 1. The first-order valence-electron chi connectivity index (χ1n) is 16.0. The number of halogens is 1. The van der Waals surface area contributed by atoms with Crippen molar-refractivity contribution in [3.05, 3.63) is 91.6 Å². The minimum Gasteiger partial charge on any atom is -0.481 e. The second-order valence-corrected chi connectivity index (χ2v) is 13.6. The van der Waals surface area contributed by atoms with Gasteiger partial charge in [-0.05, 0) is 136 Å². The van der Waals surface area contributed by atoms with E-state index < -0.39 is 36.2 Å². The van der Waals surface area contributed by atoms with Gasteiger partial charge in [0.2, 0.25) is 5.91 Å². The third-order valence-corrected chi connectivity index (χ3v) is 8.80.